The smallest absolute Gasteiger partial charge is 0.0755 e. The fourth-order valence-corrected chi connectivity index (χ4v) is 5.46. The minimum absolute atomic E-state index is 0.247. The summed E-state index contributed by atoms with van der Waals surface area (Å²) in [6, 6.07) is 0. The molecule has 0 amide bonds. The standard InChI is InChI=1S/C15H24O/c1-10-11-8-13(2,9-12(10)16)15(4)7-5-6-14(11,15)3/h11-12,16H,1,5-9H2,2-4H3. The SMILES string of the molecule is C=C1C(O)CC2(C)CC1C1(C)CCCC21C. The number of aliphatic hydroxyl groups excluding tert-OH is 1. The first-order valence-corrected chi connectivity index (χ1v) is 6.71. The molecule has 0 heterocycles. The molecule has 3 aliphatic rings. The summed E-state index contributed by atoms with van der Waals surface area (Å²) in [7, 11) is 0. The number of hydrogen-bond acceptors (Lipinski definition) is 1. The second kappa shape index (κ2) is 2.75. The van der Waals surface area contributed by atoms with Crippen molar-refractivity contribution in [3.05, 3.63) is 12.2 Å². The van der Waals surface area contributed by atoms with Crippen LogP contribution in [-0.2, 0) is 0 Å². The predicted molar refractivity (Wildman–Crippen MR) is 66.0 cm³/mol. The predicted octanol–water partition coefficient (Wildman–Crippen LogP) is 3.53. The Labute approximate surface area is 98.9 Å². The highest BCUT2D eigenvalue weighted by Gasteiger charge is 2.69. The van der Waals surface area contributed by atoms with Crippen molar-refractivity contribution in [1.29, 1.82) is 0 Å². The van der Waals surface area contributed by atoms with Gasteiger partial charge in [0.2, 0.25) is 0 Å². The Kier molecular flexibility index (Phi) is 1.86. The zero-order valence-corrected chi connectivity index (χ0v) is 10.8. The van der Waals surface area contributed by atoms with Crippen LogP contribution < -0.4 is 0 Å². The fourth-order valence-electron chi connectivity index (χ4n) is 5.46. The minimum Gasteiger partial charge on any atom is -0.389 e. The molecule has 16 heavy (non-hydrogen) atoms. The number of aliphatic hydroxyl groups is 1. The van der Waals surface area contributed by atoms with Crippen molar-refractivity contribution >= 4 is 0 Å². The Morgan fingerprint density at radius 1 is 1.19 bits per heavy atom. The molecule has 90 valence electrons. The van der Waals surface area contributed by atoms with E-state index in [4.69, 9.17) is 0 Å². The summed E-state index contributed by atoms with van der Waals surface area (Å²) < 4.78 is 0. The van der Waals surface area contributed by atoms with Crippen molar-refractivity contribution in [2.75, 3.05) is 0 Å². The van der Waals surface area contributed by atoms with Gasteiger partial charge in [-0.1, -0.05) is 33.8 Å². The van der Waals surface area contributed by atoms with Gasteiger partial charge in [-0.25, -0.2) is 0 Å². The van der Waals surface area contributed by atoms with Crippen molar-refractivity contribution in [2.24, 2.45) is 22.2 Å². The lowest BCUT2D eigenvalue weighted by molar-refractivity contribution is 0.0119. The molecule has 0 aliphatic heterocycles. The summed E-state index contributed by atoms with van der Waals surface area (Å²) in [5, 5.41) is 10.2. The molecule has 3 fully saturated rings. The van der Waals surface area contributed by atoms with Gasteiger partial charge < -0.3 is 5.11 Å². The van der Waals surface area contributed by atoms with Gasteiger partial charge in [-0.2, -0.15) is 0 Å². The topological polar surface area (TPSA) is 20.2 Å². The van der Waals surface area contributed by atoms with Crippen LogP contribution in [0.3, 0.4) is 0 Å². The normalized spacial score (nSPS) is 60.1. The zero-order valence-electron chi connectivity index (χ0n) is 10.8. The van der Waals surface area contributed by atoms with Crippen molar-refractivity contribution in [2.45, 2.75) is 59.0 Å². The first-order valence-electron chi connectivity index (χ1n) is 6.71. The van der Waals surface area contributed by atoms with E-state index in [-0.39, 0.29) is 6.10 Å². The lowest BCUT2D eigenvalue weighted by atomic mass is 9.59. The fraction of sp³-hybridized carbons (Fsp3) is 0.867. The van der Waals surface area contributed by atoms with Gasteiger partial charge in [0.25, 0.3) is 0 Å². The van der Waals surface area contributed by atoms with E-state index in [0.29, 0.717) is 22.2 Å². The van der Waals surface area contributed by atoms with E-state index in [1.165, 1.54) is 25.7 Å². The van der Waals surface area contributed by atoms with Gasteiger partial charge >= 0.3 is 0 Å². The van der Waals surface area contributed by atoms with Gasteiger partial charge in [0, 0.05) is 0 Å². The molecular weight excluding hydrogens is 196 g/mol. The molecule has 0 spiro atoms. The van der Waals surface area contributed by atoms with Crippen LogP contribution in [0.4, 0.5) is 0 Å². The maximum atomic E-state index is 10.2. The monoisotopic (exact) mass is 220 g/mol. The molecule has 2 bridgehead atoms. The Morgan fingerprint density at radius 3 is 2.56 bits per heavy atom. The molecule has 0 saturated heterocycles. The van der Waals surface area contributed by atoms with Gasteiger partial charge in [-0.05, 0) is 53.4 Å². The van der Waals surface area contributed by atoms with Crippen molar-refractivity contribution in [3.63, 3.8) is 0 Å². The van der Waals surface area contributed by atoms with Crippen LogP contribution in [0.5, 0.6) is 0 Å². The molecule has 3 rings (SSSR count). The second-order valence-corrected chi connectivity index (χ2v) is 7.22. The average molecular weight is 220 g/mol. The summed E-state index contributed by atoms with van der Waals surface area (Å²) in [5.41, 5.74) is 2.29. The van der Waals surface area contributed by atoms with E-state index < -0.39 is 0 Å². The lowest BCUT2D eigenvalue weighted by Crippen LogP contribution is -2.39. The van der Waals surface area contributed by atoms with E-state index in [1.54, 1.807) is 0 Å². The van der Waals surface area contributed by atoms with E-state index >= 15 is 0 Å². The first-order chi connectivity index (χ1) is 7.34. The third kappa shape index (κ3) is 0.895. The molecule has 0 aromatic heterocycles. The molecule has 0 aromatic rings. The van der Waals surface area contributed by atoms with Gasteiger partial charge in [0.1, 0.15) is 0 Å². The van der Waals surface area contributed by atoms with E-state index in [9.17, 15) is 5.11 Å². The molecule has 5 atom stereocenters. The first kappa shape index (κ1) is 10.8. The average Bonchev–Trinajstić information content (AvgIpc) is 2.57. The largest absolute Gasteiger partial charge is 0.389 e. The highest BCUT2D eigenvalue weighted by atomic mass is 16.3. The molecule has 5 unspecified atom stereocenters. The van der Waals surface area contributed by atoms with Crippen molar-refractivity contribution in [3.8, 4) is 0 Å². The number of fused-ring (bicyclic) bond motifs is 5. The molecule has 1 N–H and O–H groups in total. The summed E-state index contributed by atoms with van der Waals surface area (Å²) >= 11 is 0. The van der Waals surface area contributed by atoms with Gasteiger partial charge in [0.15, 0.2) is 0 Å². The Hall–Kier alpha value is -0.300. The highest BCUT2D eigenvalue weighted by Crippen LogP contribution is 2.76. The second-order valence-electron chi connectivity index (χ2n) is 7.22. The molecule has 0 radical (unpaired) electrons. The molecular formula is C15H24O. The van der Waals surface area contributed by atoms with E-state index in [1.807, 2.05) is 0 Å². The van der Waals surface area contributed by atoms with E-state index in [0.717, 1.165) is 12.0 Å². The maximum absolute atomic E-state index is 10.2. The molecule has 3 aliphatic carbocycles. The van der Waals surface area contributed by atoms with Gasteiger partial charge in [-0.3, -0.25) is 0 Å². The Morgan fingerprint density at radius 2 is 1.88 bits per heavy atom. The van der Waals surface area contributed by atoms with Crippen LogP contribution >= 0.6 is 0 Å². The van der Waals surface area contributed by atoms with Gasteiger partial charge in [-0.15, -0.1) is 0 Å². The van der Waals surface area contributed by atoms with Crippen LogP contribution in [0.15, 0.2) is 12.2 Å². The van der Waals surface area contributed by atoms with Crippen LogP contribution in [0.1, 0.15) is 52.9 Å². The molecule has 0 aromatic carbocycles. The summed E-state index contributed by atoms with van der Waals surface area (Å²) in [4.78, 5) is 0. The minimum atomic E-state index is -0.247. The third-order valence-corrected chi connectivity index (χ3v) is 6.91. The Balaban J connectivity index is 2.16. The summed E-state index contributed by atoms with van der Waals surface area (Å²) in [5.74, 6) is 0.564. The van der Waals surface area contributed by atoms with Crippen LogP contribution in [0.2, 0.25) is 0 Å². The molecule has 1 nitrogen and oxygen atoms in total. The molecule has 1 heteroatoms. The summed E-state index contributed by atoms with van der Waals surface area (Å²) in [6.07, 6.45) is 5.99. The lowest BCUT2D eigenvalue weighted by Gasteiger charge is -2.45. The van der Waals surface area contributed by atoms with Crippen LogP contribution in [0, 0.1) is 22.2 Å². The van der Waals surface area contributed by atoms with Crippen molar-refractivity contribution < 1.29 is 5.11 Å². The number of rotatable bonds is 0. The summed E-state index contributed by atoms with van der Waals surface area (Å²) in [6.45, 7) is 11.5. The van der Waals surface area contributed by atoms with Crippen LogP contribution in [0.25, 0.3) is 0 Å². The molecule has 3 saturated carbocycles. The zero-order chi connectivity index (χ0) is 11.8. The van der Waals surface area contributed by atoms with E-state index in [2.05, 4.69) is 27.4 Å². The van der Waals surface area contributed by atoms with Gasteiger partial charge in [0.05, 0.1) is 6.10 Å². The third-order valence-electron chi connectivity index (χ3n) is 6.91. The van der Waals surface area contributed by atoms with Crippen molar-refractivity contribution in [1.82, 2.24) is 0 Å². The Bertz CT molecular complexity index is 360. The quantitative estimate of drug-likeness (QED) is 0.619. The highest BCUT2D eigenvalue weighted by molar-refractivity contribution is 5.29. The number of hydrogen-bond donors (Lipinski definition) is 1. The maximum Gasteiger partial charge on any atom is 0.0755 e. The van der Waals surface area contributed by atoms with Crippen LogP contribution in [-0.4, -0.2) is 11.2 Å².